The minimum absolute atomic E-state index is 0.0454. The second kappa shape index (κ2) is 8.24. The number of rotatable bonds is 4. The fourth-order valence-corrected chi connectivity index (χ4v) is 4.30. The highest BCUT2D eigenvalue weighted by Gasteiger charge is 2.31. The fraction of sp³-hybridized carbons (Fsp3) is 0.706. The molecule has 5 nitrogen and oxygen atoms in total. The molecule has 3 heterocycles. The summed E-state index contributed by atoms with van der Waals surface area (Å²) >= 11 is 1.74. The van der Waals surface area contributed by atoms with E-state index in [0.717, 1.165) is 58.8 Å². The lowest BCUT2D eigenvalue weighted by Gasteiger charge is -2.34. The molecule has 128 valence electrons. The van der Waals surface area contributed by atoms with Gasteiger partial charge in [0.2, 0.25) is 5.91 Å². The smallest absolute Gasteiger partial charge is 0.225 e. The standard InChI is InChI=1S/C17H27N3O2S/c1-18-17(21)15-11-19(10-14-4-9-23-13-14)5-6-20(12-15)16-2-7-22-8-3-16/h4,9,13,15-16H,2-3,5-8,10-12H2,1H3,(H,18,21)/t15-/m0/s1. The molecule has 2 fully saturated rings. The molecule has 0 unspecified atom stereocenters. The summed E-state index contributed by atoms with van der Waals surface area (Å²) in [5, 5.41) is 7.18. The van der Waals surface area contributed by atoms with E-state index in [4.69, 9.17) is 4.74 Å². The molecule has 3 rings (SSSR count). The van der Waals surface area contributed by atoms with Crippen molar-refractivity contribution in [2.45, 2.75) is 25.4 Å². The summed E-state index contributed by atoms with van der Waals surface area (Å²) in [6.45, 7) is 6.43. The number of ether oxygens (including phenoxy) is 1. The molecule has 0 saturated carbocycles. The van der Waals surface area contributed by atoms with Crippen LogP contribution in [0, 0.1) is 5.92 Å². The van der Waals surface area contributed by atoms with Crippen LogP contribution in [0.5, 0.6) is 0 Å². The monoisotopic (exact) mass is 337 g/mol. The number of carbonyl (C=O) groups excluding carboxylic acids is 1. The second-order valence-electron chi connectivity index (χ2n) is 6.52. The molecular formula is C17H27N3O2S. The van der Waals surface area contributed by atoms with Crippen molar-refractivity contribution < 1.29 is 9.53 Å². The van der Waals surface area contributed by atoms with E-state index >= 15 is 0 Å². The maximum Gasteiger partial charge on any atom is 0.225 e. The Labute approximate surface area is 142 Å². The Morgan fingerprint density at radius 3 is 2.87 bits per heavy atom. The van der Waals surface area contributed by atoms with E-state index in [1.165, 1.54) is 5.56 Å². The number of nitrogens with one attached hydrogen (secondary N) is 1. The van der Waals surface area contributed by atoms with Crippen LogP contribution in [0.25, 0.3) is 0 Å². The molecule has 0 radical (unpaired) electrons. The highest BCUT2D eigenvalue weighted by atomic mass is 32.1. The van der Waals surface area contributed by atoms with Crippen molar-refractivity contribution in [3.8, 4) is 0 Å². The Kier molecular flexibility index (Phi) is 6.05. The molecule has 1 aromatic rings. The summed E-state index contributed by atoms with van der Waals surface area (Å²) in [6.07, 6.45) is 2.18. The fourth-order valence-electron chi connectivity index (χ4n) is 3.64. The van der Waals surface area contributed by atoms with Crippen LogP contribution in [0.1, 0.15) is 18.4 Å². The topological polar surface area (TPSA) is 44.8 Å². The van der Waals surface area contributed by atoms with Gasteiger partial charge < -0.3 is 10.1 Å². The number of hydrogen-bond acceptors (Lipinski definition) is 5. The van der Waals surface area contributed by atoms with Crippen LogP contribution < -0.4 is 5.32 Å². The molecule has 0 spiro atoms. The van der Waals surface area contributed by atoms with E-state index < -0.39 is 0 Å². The summed E-state index contributed by atoms with van der Waals surface area (Å²) in [6, 6.07) is 2.75. The average molecular weight is 337 g/mol. The molecular weight excluding hydrogens is 310 g/mol. The second-order valence-corrected chi connectivity index (χ2v) is 7.30. The van der Waals surface area contributed by atoms with Gasteiger partial charge in [0.15, 0.2) is 0 Å². The van der Waals surface area contributed by atoms with Crippen LogP contribution in [0.3, 0.4) is 0 Å². The quantitative estimate of drug-likeness (QED) is 0.902. The van der Waals surface area contributed by atoms with Crippen LogP contribution >= 0.6 is 11.3 Å². The van der Waals surface area contributed by atoms with Crippen LogP contribution in [-0.2, 0) is 16.1 Å². The third-order valence-electron chi connectivity index (χ3n) is 4.95. The van der Waals surface area contributed by atoms with Gasteiger partial charge in [0.05, 0.1) is 5.92 Å². The highest BCUT2D eigenvalue weighted by molar-refractivity contribution is 7.07. The first-order chi connectivity index (χ1) is 11.3. The van der Waals surface area contributed by atoms with E-state index in [-0.39, 0.29) is 11.8 Å². The number of hydrogen-bond donors (Lipinski definition) is 1. The summed E-state index contributed by atoms with van der Waals surface area (Å²) in [7, 11) is 1.75. The normalized spacial score (nSPS) is 25.2. The molecule has 6 heteroatoms. The first kappa shape index (κ1) is 16.9. The zero-order valence-electron chi connectivity index (χ0n) is 13.9. The van der Waals surface area contributed by atoms with Gasteiger partial charge in [0.1, 0.15) is 0 Å². The molecule has 0 bridgehead atoms. The summed E-state index contributed by atoms with van der Waals surface area (Å²) in [5.74, 6) is 0.211. The van der Waals surface area contributed by atoms with Gasteiger partial charge in [-0.2, -0.15) is 11.3 Å². The minimum Gasteiger partial charge on any atom is -0.381 e. The SMILES string of the molecule is CNC(=O)[C@H]1CN(Cc2ccsc2)CCN(C2CCOCC2)C1. The largest absolute Gasteiger partial charge is 0.381 e. The Morgan fingerprint density at radius 1 is 1.35 bits per heavy atom. The van der Waals surface area contributed by atoms with Crippen LogP contribution in [0.2, 0.25) is 0 Å². The summed E-state index contributed by atoms with van der Waals surface area (Å²) < 4.78 is 5.49. The molecule has 1 amide bonds. The van der Waals surface area contributed by atoms with Crippen molar-refractivity contribution in [1.29, 1.82) is 0 Å². The van der Waals surface area contributed by atoms with Crippen LogP contribution in [-0.4, -0.2) is 68.2 Å². The lowest BCUT2D eigenvalue weighted by molar-refractivity contribution is -0.125. The van der Waals surface area contributed by atoms with Gasteiger partial charge in [-0.25, -0.2) is 0 Å². The number of carbonyl (C=O) groups is 1. The molecule has 0 aromatic carbocycles. The van der Waals surface area contributed by atoms with Crippen molar-refractivity contribution in [3.63, 3.8) is 0 Å². The molecule has 1 N–H and O–H groups in total. The Balaban J connectivity index is 1.67. The first-order valence-corrected chi connectivity index (χ1v) is 9.47. The van der Waals surface area contributed by atoms with Crippen molar-refractivity contribution >= 4 is 17.2 Å². The first-order valence-electron chi connectivity index (χ1n) is 8.53. The van der Waals surface area contributed by atoms with E-state index in [9.17, 15) is 4.79 Å². The molecule has 2 saturated heterocycles. The van der Waals surface area contributed by atoms with Gasteiger partial charge in [-0.05, 0) is 35.2 Å². The van der Waals surface area contributed by atoms with Gasteiger partial charge in [0.25, 0.3) is 0 Å². The maximum atomic E-state index is 12.3. The van der Waals surface area contributed by atoms with E-state index in [1.807, 2.05) is 0 Å². The predicted octanol–water partition coefficient (Wildman–Crippen LogP) is 1.41. The lowest BCUT2D eigenvalue weighted by Crippen LogP contribution is -2.45. The van der Waals surface area contributed by atoms with Crippen LogP contribution in [0.15, 0.2) is 16.8 Å². The van der Waals surface area contributed by atoms with Gasteiger partial charge in [-0.3, -0.25) is 14.6 Å². The molecule has 0 aliphatic carbocycles. The average Bonchev–Trinajstić information content (AvgIpc) is 3.00. The highest BCUT2D eigenvalue weighted by Crippen LogP contribution is 2.20. The van der Waals surface area contributed by atoms with E-state index in [1.54, 1.807) is 18.4 Å². The third kappa shape index (κ3) is 4.53. The molecule has 2 aliphatic heterocycles. The van der Waals surface area contributed by atoms with Gasteiger partial charge >= 0.3 is 0 Å². The van der Waals surface area contributed by atoms with Crippen LogP contribution in [0.4, 0.5) is 0 Å². The molecule has 2 aliphatic rings. The summed E-state index contributed by atoms with van der Waals surface area (Å²) in [4.78, 5) is 17.3. The van der Waals surface area contributed by atoms with Crippen molar-refractivity contribution in [1.82, 2.24) is 15.1 Å². The van der Waals surface area contributed by atoms with Gasteiger partial charge in [0, 0.05) is 59.0 Å². The zero-order valence-corrected chi connectivity index (χ0v) is 14.7. The van der Waals surface area contributed by atoms with E-state index in [0.29, 0.717) is 6.04 Å². The molecule has 23 heavy (non-hydrogen) atoms. The number of nitrogens with zero attached hydrogens (tertiary/aromatic N) is 2. The van der Waals surface area contributed by atoms with Crippen molar-refractivity contribution in [2.75, 3.05) is 46.4 Å². The Bertz CT molecular complexity index is 488. The maximum absolute atomic E-state index is 12.3. The van der Waals surface area contributed by atoms with Gasteiger partial charge in [-0.15, -0.1) is 0 Å². The predicted molar refractivity (Wildman–Crippen MR) is 92.6 cm³/mol. The van der Waals surface area contributed by atoms with Crippen molar-refractivity contribution in [3.05, 3.63) is 22.4 Å². The van der Waals surface area contributed by atoms with Gasteiger partial charge in [-0.1, -0.05) is 0 Å². The lowest BCUT2D eigenvalue weighted by atomic mass is 10.0. The minimum atomic E-state index is 0.0454. The van der Waals surface area contributed by atoms with Crippen molar-refractivity contribution in [2.24, 2.45) is 5.92 Å². The third-order valence-corrected chi connectivity index (χ3v) is 5.68. The zero-order chi connectivity index (χ0) is 16.1. The number of amides is 1. The Morgan fingerprint density at radius 2 is 2.17 bits per heavy atom. The number of thiophene rings is 1. The molecule has 1 aromatic heterocycles. The Hall–Kier alpha value is -0.950. The van der Waals surface area contributed by atoms with E-state index in [2.05, 4.69) is 31.9 Å². The summed E-state index contributed by atoms with van der Waals surface area (Å²) in [5.41, 5.74) is 1.35. The molecule has 1 atom stereocenters.